The van der Waals surface area contributed by atoms with Gasteiger partial charge in [-0.2, -0.15) is 16.3 Å². The van der Waals surface area contributed by atoms with Crippen LogP contribution in [0.2, 0.25) is 5.28 Å². The monoisotopic (exact) mass is 295 g/mol. The van der Waals surface area contributed by atoms with Gasteiger partial charge in [0.05, 0.1) is 11.1 Å². The van der Waals surface area contributed by atoms with E-state index in [0.717, 1.165) is 28.1 Å². The number of aromatic nitrogens is 2. The molecule has 6 heteroatoms. The predicted molar refractivity (Wildman–Crippen MR) is 79.4 cm³/mol. The highest BCUT2D eigenvalue weighted by molar-refractivity contribution is 7.18. The first kappa shape index (κ1) is 11.9. The zero-order chi connectivity index (χ0) is 12.5. The largest absolute Gasteiger partial charge is 0.339 e. The Morgan fingerprint density at radius 2 is 2.28 bits per heavy atom. The first-order valence-electron chi connectivity index (χ1n) is 5.51. The third-order valence-electron chi connectivity index (χ3n) is 2.55. The van der Waals surface area contributed by atoms with E-state index >= 15 is 0 Å². The molecule has 0 saturated carbocycles. The van der Waals surface area contributed by atoms with Crippen molar-refractivity contribution in [3.8, 4) is 0 Å². The Morgan fingerprint density at radius 3 is 3.00 bits per heavy atom. The van der Waals surface area contributed by atoms with E-state index in [1.807, 2.05) is 16.8 Å². The summed E-state index contributed by atoms with van der Waals surface area (Å²) in [6.07, 6.45) is 0.997. The van der Waals surface area contributed by atoms with Gasteiger partial charge in [0.1, 0.15) is 10.6 Å². The van der Waals surface area contributed by atoms with Gasteiger partial charge in [0.15, 0.2) is 0 Å². The molecular formula is C12H10ClN3S2. The molecule has 3 aromatic heterocycles. The summed E-state index contributed by atoms with van der Waals surface area (Å²) in [5.41, 5.74) is 1.03. The minimum Gasteiger partial charge on any atom is -0.339 e. The van der Waals surface area contributed by atoms with Crippen molar-refractivity contribution >= 4 is 56.0 Å². The van der Waals surface area contributed by atoms with Crippen LogP contribution in [-0.4, -0.2) is 9.97 Å². The van der Waals surface area contributed by atoms with E-state index in [2.05, 4.69) is 28.3 Å². The summed E-state index contributed by atoms with van der Waals surface area (Å²) in [5, 5.41) is 8.66. The van der Waals surface area contributed by atoms with Gasteiger partial charge in [0.25, 0.3) is 0 Å². The van der Waals surface area contributed by atoms with Crippen LogP contribution in [0.3, 0.4) is 0 Å². The molecule has 0 aliphatic rings. The van der Waals surface area contributed by atoms with E-state index in [-0.39, 0.29) is 5.28 Å². The molecule has 0 amide bonds. The predicted octanol–water partition coefficient (Wildman–Crippen LogP) is 4.71. The Bertz CT molecular complexity index is 676. The van der Waals surface area contributed by atoms with Crippen molar-refractivity contribution in [2.75, 3.05) is 5.32 Å². The molecule has 18 heavy (non-hydrogen) atoms. The van der Waals surface area contributed by atoms with Crippen molar-refractivity contribution in [2.45, 2.75) is 13.3 Å². The summed E-state index contributed by atoms with van der Waals surface area (Å²) in [5.74, 6) is 0.777. The van der Waals surface area contributed by atoms with Gasteiger partial charge in [-0.3, -0.25) is 0 Å². The van der Waals surface area contributed by atoms with Gasteiger partial charge >= 0.3 is 0 Å². The second kappa shape index (κ2) is 4.84. The Hall–Kier alpha value is -1.17. The number of nitrogens with zero attached hydrogens (tertiary/aromatic N) is 2. The Balaban J connectivity index is 2.11. The molecule has 3 heterocycles. The molecular weight excluding hydrogens is 286 g/mol. The lowest BCUT2D eigenvalue weighted by Crippen LogP contribution is -1.94. The maximum atomic E-state index is 5.96. The number of thiophene rings is 2. The molecule has 0 aliphatic heterocycles. The fraction of sp³-hybridized carbons (Fsp3) is 0.167. The Morgan fingerprint density at radius 1 is 1.39 bits per heavy atom. The second-order valence-corrected chi connectivity index (χ2v) is 6.00. The van der Waals surface area contributed by atoms with Gasteiger partial charge in [0.2, 0.25) is 5.28 Å². The molecule has 0 unspecified atom stereocenters. The smallest absolute Gasteiger partial charge is 0.225 e. The number of hydrogen-bond acceptors (Lipinski definition) is 5. The first-order chi connectivity index (χ1) is 8.76. The number of aryl methyl sites for hydroxylation is 1. The van der Waals surface area contributed by atoms with Crippen LogP contribution in [0, 0.1) is 0 Å². The van der Waals surface area contributed by atoms with Gasteiger partial charge in [-0.25, -0.2) is 4.98 Å². The van der Waals surface area contributed by atoms with Crippen LogP contribution < -0.4 is 5.32 Å². The fourth-order valence-corrected chi connectivity index (χ4v) is 3.46. The highest BCUT2D eigenvalue weighted by atomic mass is 35.5. The number of fused-ring (bicyclic) bond motifs is 1. The molecule has 0 atom stereocenters. The van der Waals surface area contributed by atoms with E-state index < -0.39 is 0 Å². The van der Waals surface area contributed by atoms with Crippen LogP contribution in [-0.2, 0) is 6.42 Å². The molecule has 0 spiro atoms. The second-order valence-electron chi connectivity index (χ2n) is 3.76. The molecule has 0 bridgehead atoms. The van der Waals surface area contributed by atoms with Crippen LogP contribution in [0.15, 0.2) is 22.9 Å². The van der Waals surface area contributed by atoms with Gasteiger partial charge in [0, 0.05) is 10.3 Å². The fourth-order valence-electron chi connectivity index (χ4n) is 1.69. The minimum absolute atomic E-state index is 0.282. The number of nitrogens with one attached hydrogen (secondary N) is 1. The normalized spacial score (nSPS) is 11.0. The lowest BCUT2D eigenvalue weighted by molar-refractivity contribution is 1.19. The van der Waals surface area contributed by atoms with Crippen LogP contribution in [0.5, 0.6) is 0 Å². The summed E-state index contributed by atoms with van der Waals surface area (Å²) in [7, 11) is 0. The average Bonchev–Trinajstić information content (AvgIpc) is 2.97. The highest BCUT2D eigenvalue weighted by Crippen LogP contribution is 2.32. The molecule has 3 rings (SSSR count). The number of hydrogen-bond donors (Lipinski definition) is 1. The lowest BCUT2D eigenvalue weighted by atomic mass is 10.3. The van der Waals surface area contributed by atoms with Crippen LogP contribution in [0.25, 0.3) is 10.2 Å². The standard InChI is InChI=1S/C12H10ClN3S2/c1-2-8-5-9-10(14-7-3-4-17-6-7)15-12(13)16-11(9)18-8/h3-6H,2H2,1H3,(H,14,15,16). The van der Waals surface area contributed by atoms with Gasteiger partial charge in [-0.05, 0) is 35.5 Å². The van der Waals surface area contributed by atoms with Crippen LogP contribution in [0.4, 0.5) is 11.5 Å². The summed E-state index contributed by atoms with van der Waals surface area (Å²) < 4.78 is 0. The van der Waals surface area contributed by atoms with Crippen LogP contribution >= 0.6 is 34.3 Å². The van der Waals surface area contributed by atoms with Crippen molar-refractivity contribution in [1.82, 2.24) is 9.97 Å². The molecule has 0 aromatic carbocycles. The molecule has 1 N–H and O–H groups in total. The molecule has 0 radical (unpaired) electrons. The summed E-state index contributed by atoms with van der Waals surface area (Å²) in [6.45, 7) is 2.13. The third kappa shape index (κ3) is 2.21. The lowest BCUT2D eigenvalue weighted by Gasteiger charge is -2.04. The van der Waals surface area contributed by atoms with E-state index in [1.165, 1.54) is 4.88 Å². The SMILES string of the molecule is CCc1cc2c(Nc3ccsc3)nc(Cl)nc2s1. The highest BCUT2D eigenvalue weighted by Gasteiger charge is 2.10. The maximum absolute atomic E-state index is 5.96. The zero-order valence-corrected chi connectivity index (χ0v) is 12.0. The summed E-state index contributed by atoms with van der Waals surface area (Å²) in [6, 6.07) is 4.14. The number of halogens is 1. The quantitative estimate of drug-likeness (QED) is 0.711. The first-order valence-corrected chi connectivity index (χ1v) is 7.65. The van der Waals surface area contributed by atoms with Crippen molar-refractivity contribution in [3.63, 3.8) is 0 Å². The summed E-state index contributed by atoms with van der Waals surface area (Å²) >= 11 is 9.27. The molecule has 0 fully saturated rings. The minimum atomic E-state index is 0.282. The maximum Gasteiger partial charge on any atom is 0.225 e. The average molecular weight is 296 g/mol. The van der Waals surface area contributed by atoms with E-state index in [9.17, 15) is 0 Å². The molecule has 0 saturated heterocycles. The van der Waals surface area contributed by atoms with Gasteiger partial charge in [-0.15, -0.1) is 11.3 Å². The summed E-state index contributed by atoms with van der Waals surface area (Å²) in [4.78, 5) is 10.8. The van der Waals surface area contributed by atoms with Crippen molar-refractivity contribution in [1.29, 1.82) is 0 Å². The van der Waals surface area contributed by atoms with E-state index in [1.54, 1.807) is 22.7 Å². The van der Waals surface area contributed by atoms with Gasteiger partial charge < -0.3 is 5.32 Å². The van der Waals surface area contributed by atoms with Crippen molar-refractivity contribution in [3.05, 3.63) is 33.1 Å². The number of anilines is 2. The van der Waals surface area contributed by atoms with E-state index in [4.69, 9.17) is 11.6 Å². The molecule has 92 valence electrons. The zero-order valence-electron chi connectivity index (χ0n) is 9.61. The van der Waals surface area contributed by atoms with Crippen molar-refractivity contribution in [2.24, 2.45) is 0 Å². The molecule has 0 aliphatic carbocycles. The van der Waals surface area contributed by atoms with Crippen LogP contribution in [0.1, 0.15) is 11.8 Å². The Kier molecular flexibility index (Phi) is 3.20. The van der Waals surface area contributed by atoms with Crippen molar-refractivity contribution < 1.29 is 0 Å². The topological polar surface area (TPSA) is 37.8 Å². The van der Waals surface area contributed by atoms with E-state index in [0.29, 0.717) is 0 Å². The Labute approximate surface area is 117 Å². The van der Waals surface area contributed by atoms with Gasteiger partial charge in [-0.1, -0.05) is 6.92 Å². The molecule has 3 nitrogen and oxygen atoms in total. The third-order valence-corrected chi connectivity index (χ3v) is 4.57. The number of rotatable bonds is 3. The molecule has 3 aromatic rings.